The van der Waals surface area contributed by atoms with E-state index in [4.69, 9.17) is 23.2 Å². The molecular weight excluding hydrogens is 327 g/mol. The Bertz CT molecular complexity index is 820. The number of imide groups is 1. The third kappa shape index (κ3) is 2.34. The van der Waals surface area contributed by atoms with Crippen molar-refractivity contribution in [3.63, 3.8) is 0 Å². The SMILES string of the molecule is O=C1C(=O)N(C(=O)Nc2ccc(Cl)c(Cl)c2)c2ccccc21. The number of urea groups is 1. The first-order valence-corrected chi connectivity index (χ1v) is 6.98. The number of Topliss-reactive ketones (excluding diaryl/α,β-unsaturated/α-hetero) is 1. The second kappa shape index (κ2) is 5.44. The molecule has 0 fully saturated rings. The number of nitrogens with one attached hydrogen (secondary N) is 1. The van der Waals surface area contributed by atoms with E-state index in [1.165, 1.54) is 24.3 Å². The highest BCUT2D eigenvalue weighted by molar-refractivity contribution is 6.56. The van der Waals surface area contributed by atoms with Gasteiger partial charge in [-0.15, -0.1) is 0 Å². The molecule has 0 bridgehead atoms. The van der Waals surface area contributed by atoms with E-state index in [9.17, 15) is 14.4 Å². The fraction of sp³-hybridized carbons (Fsp3) is 0. The molecule has 0 saturated carbocycles. The maximum atomic E-state index is 12.3. The number of anilines is 2. The molecule has 0 saturated heterocycles. The summed E-state index contributed by atoms with van der Waals surface area (Å²) in [6.45, 7) is 0. The lowest BCUT2D eigenvalue weighted by atomic mass is 10.1. The fourth-order valence-corrected chi connectivity index (χ4v) is 2.44. The summed E-state index contributed by atoms with van der Waals surface area (Å²) in [5.41, 5.74) is 0.830. The number of nitrogens with zero attached hydrogens (tertiary/aromatic N) is 1. The number of carbonyl (C=O) groups is 3. The van der Waals surface area contributed by atoms with E-state index in [1.807, 2.05) is 0 Å². The lowest BCUT2D eigenvalue weighted by Gasteiger charge is -2.15. The predicted octanol–water partition coefficient (Wildman–Crippen LogP) is 3.75. The minimum Gasteiger partial charge on any atom is -0.307 e. The van der Waals surface area contributed by atoms with E-state index in [-0.39, 0.29) is 16.3 Å². The van der Waals surface area contributed by atoms with Crippen LogP contribution in [0, 0.1) is 0 Å². The van der Waals surface area contributed by atoms with Crippen molar-refractivity contribution in [2.24, 2.45) is 0 Å². The van der Waals surface area contributed by atoms with Gasteiger partial charge in [-0.2, -0.15) is 0 Å². The second-order valence-corrected chi connectivity index (χ2v) is 5.36. The quantitative estimate of drug-likeness (QED) is 0.807. The maximum Gasteiger partial charge on any atom is 0.333 e. The lowest BCUT2D eigenvalue weighted by molar-refractivity contribution is -0.113. The van der Waals surface area contributed by atoms with Crippen molar-refractivity contribution in [1.29, 1.82) is 0 Å². The molecule has 0 spiro atoms. The number of halogens is 2. The van der Waals surface area contributed by atoms with Gasteiger partial charge >= 0.3 is 11.9 Å². The molecule has 1 aliphatic rings. The van der Waals surface area contributed by atoms with E-state index in [0.717, 1.165) is 4.90 Å². The molecule has 0 atom stereocenters. The van der Waals surface area contributed by atoms with Gasteiger partial charge in [-0.3, -0.25) is 9.59 Å². The van der Waals surface area contributed by atoms with Crippen LogP contribution in [0.3, 0.4) is 0 Å². The van der Waals surface area contributed by atoms with Gasteiger partial charge in [-0.25, -0.2) is 9.69 Å². The van der Waals surface area contributed by atoms with Crippen molar-refractivity contribution in [2.45, 2.75) is 0 Å². The molecule has 0 aromatic heterocycles. The van der Waals surface area contributed by atoms with E-state index in [1.54, 1.807) is 18.2 Å². The van der Waals surface area contributed by atoms with Gasteiger partial charge in [0.2, 0.25) is 0 Å². The van der Waals surface area contributed by atoms with Gasteiger partial charge in [0.05, 0.1) is 21.3 Å². The van der Waals surface area contributed by atoms with Crippen molar-refractivity contribution < 1.29 is 14.4 Å². The molecule has 5 nitrogen and oxygen atoms in total. The molecule has 3 rings (SSSR count). The molecule has 2 aromatic carbocycles. The van der Waals surface area contributed by atoms with Gasteiger partial charge in [-0.05, 0) is 30.3 Å². The summed E-state index contributed by atoms with van der Waals surface area (Å²) in [6, 6.07) is 10.1. The van der Waals surface area contributed by atoms with Gasteiger partial charge < -0.3 is 5.32 Å². The van der Waals surface area contributed by atoms with Crippen LogP contribution in [0.15, 0.2) is 42.5 Å². The molecule has 0 unspecified atom stereocenters. The molecule has 1 aliphatic heterocycles. The molecule has 0 aliphatic carbocycles. The van der Waals surface area contributed by atoms with E-state index >= 15 is 0 Å². The van der Waals surface area contributed by atoms with Crippen LogP contribution in [0.4, 0.5) is 16.2 Å². The highest BCUT2D eigenvalue weighted by Crippen LogP contribution is 2.30. The summed E-state index contributed by atoms with van der Waals surface area (Å²) in [5.74, 6) is -1.60. The number of amides is 3. The molecule has 110 valence electrons. The standard InChI is InChI=1S/C15H8Cl2N2O3/c16-10-6-5-8(7-11(10)17)18-15(22)19-12-4-2-1-3-9(12)13(20)14(19)21/h1-7H,(H,18,22). The highest BCUT2D eigenvalue weighted by Gasteiger charge is 2.39. The van der Waals surface area contributed by atoms with Crippen LogP contribution in [0.25, 0.3) is 0 Å². The van der Waals surface area contributed by atoms with E-state index in [0.29, 0.717) is 10.7 Å². The highest BCUT2D eigenvalue weighted by atomic mass is 35.5. The number of carbonyl (C=O) groups excluding carboxylic acids is 3. The van der Waals surface area contributed by atoms with Crippen molar-refractivity contribution in [3.05, 3.63) is 58.1 Å². The Labute approximate surface area is 135 Å². The normalized spacial score (nSPS) is 13.3. The Balaban J connectivity index is 1.91. The number of benzene rings is 2. The Morgan fingerprint density at radius 1 is 1.00 bits per heavy atom. The van der Waals surface area contributed by atoms with Gasteiger partial charge in [0, 0.05) is 5.69 Å². The Morgan fingerprint density at radius 2 is 1.73 bits per heavy atom. The van der Waals surface area contributed by atoms with Crippen molar-refractivity contribution in [3.8, 4) is 0 Å². The van der Waals surface area contributed by atoms with Crippen LogP contribution in [0.1, 0.15) is 10.4 Å². The van der Waals surface area contributed by atoms with Gasteiger partial charge in [-0.1, -0.05) is 35.3 Å². The van der Waals surface area contributed by atoms with Gasteiger partial charge in [0.1, 0.15) is 0 Å². The summed E-state index contributed by atoms with van der Waals surface area (Å²) in [6.07, 6.45) is 0. The third-order valence-electron chi connectivity index (χ3n) is 3.16. The molecule has 7 heteroatoms. The minimum atomic E-state index is -0.890. The smallest absolute Gasteiger partial charge is 0.307 e. The van der Waals surface area contributed by atoms with E-state index in [2.05, 4.69) is 5.32 Å². The van der Waals surface area contributed by atoms with E-state index < -0.39 is 17.7 Å². The molecule has 3 amide bonds. The summed E-state index contributed by atoms with van der Waals surface area (Å²) >= 11 is 11.7. The molecule has 1 N–H and O–H groups in total. The number of hydrogen-bond donors (Lipinski definition) is 1. The summed E-state index contributed by atoms with van der Waals surface area (Å²) in [7, 11) is 0. The lowest BCUT2D eigenvalue weighted by Crippen LogP contribution is -2.39. The molecule has 0 radical (unpaired) electrons. The average Bonchev–Trinajstić information content (AvgIpc) is 2.75. The van der Waals surface area contributed by atoms with Crippen LogP contribution in [0.5, 0.6) is 0 Å². The predicted molar refractivity (Wildman–Crippen MR) is 83.7 cm³/mol. The molecule has 2 aromatic rings. The Morgan fingerprint density at radius 3 is 2.45 bits per heavy atom. The first-order chi connectivity index (χ1) is 10.5. The number of para-hydroxylation sites is 1. The molecular formula is C15H8Cl2N2O3. The zero-order valence-corrected chi connectivity index (χ0v) is 12.5. The number of fused-ring (bicyclic) bond motifs is 1. The van der Waals surface area contributed by atoms with Crippen LogP contribution in [-0.4, -0.2) is 17.7 Å². The van der Waals surface area contributed by atoms with Crippen molar-refractivity contribution >= 4 is 52.3 Å². The number of ketones is 1. The van der Waals surface area contributed by atoms with Crippen LogP contribution in [0.2, 0.25) is 10.0 Å². The Kier molecular flexibility index (Phi) is 3.60. The van der Waals surface area contributed by atoms with Crippen LogP contribution in [-0.2, 0) is 4.79 Å². The Hall–Kier alpha value is -2.37. The average molecular weight is 335 g/mol. The minimum absolute atomic E-state index is 0.205. The van der Waals surface area contributed by atoms with Crippen molar-refractivity contribution in [2.75, 3.05) is 10.2 Å². The third-order valence-corrected chi connectivity index (χ3v) is 3.90. The molecule has 22 heavy (non-hydrogen) atoms. The van der Waals surface area contributed by atoms with Gasteiger partial charge in [0.15, 0.2) is 0 Å². The fourth-order valence-electron chi connectivity index (χ4n) is 2.14. The second-order valence-electron chi connectivity index (χ2n) is 4.55. The monoisotopic (exact) mass is 334 g/mol. The first-order valence-electron chi connectivity index (χ1n) is 6.23. The summed E-state index contributed by atoms with van der Waals surface area (Å²) in [5, 5.41) is 3.13. The van der Waals surface area contributed by atoms with Crippen LogP contribution < -0.4 is 10.2 Å². The van der Waals surface area contributed by atoms with Crippen molar-refractivity contribution in [1.82, 2.24) is 0 Å². The summed E-state index contributed by atoms with van der Waals surface area (Å²) in [4.78, 5) is 36.9. The number of rotatable bonds is 1. The topological polar surface area (TPSA) is 66.5 Å². The molecule has 1 heterocycles. The summed E-state index contributed by atoms with van der Waals surface area (Å²) < 4.78 is 0. The van der Waals surface area contributed by atoms with Gasteiger partial charge in [0.25, 0.3) is 5.78 Å². The number of hydrogen-bond acceptors (Lipinski definition) is 3. The first kappa shape index (κ1) is 14.6. The largest absolute Gasteiger partial charge is 0.333 e. The zero-order valence-electron chi connectivity index (χ0n) is 11.0. The maximum absolute atomic E-state index is 12.3. The van der Waals surface area contributed by atoms with Crippen LogP contribution >= 0.6 is 23.2 Å². The zero-order chi connectivity index (χ0) is 15.9.